The molecule has 0 amide bonds. The zero-order chi connectivity index (χ0) is 10.7. The fourth-order valence-electron chi connectivity index (χ4n) is 3.01. The quantitative estimate of drug-likeness (QED) is 0.761. The van der Waals surface area contributed by atoms with Gasteiger partial charge in [0.1, 0.15) is 0 Å². The van der Waals surface area contributed by atoms with E-state index in [0.717, 1.165) is 37.6 Å². The van der Waals surface area contributed by atoms with Gasteiger partial charge in [0.2, 0.25) is 0 Å². The summed E-state index contributed by atoms with van der Waals surface area (Å²) < 4.78 is 5.40. The van der Waals surface area contributed by atoms with Crippen molar-refractivity contribution in [3.8, 4) is 0 Å². The van der Waals surface area contributed by atoms with Crippen molar-refractivity contribution in [2.75, 3.05) is 33.4 Å². The predicted octanol–water partition coefficient (Wildman–Crippen LogP) is 1.08. The second-order valence-corrected chi connectivity index (χ2v) is 5.22. The topological polar surface area (TPSA) is 38.5 Å². The van der Waals surface area contributed by atoms with Crippen LogP contribution >= 0.6 is 0 Å². The van der Waals surface area contributed by atoms with Crippen LogP contribution in [0.25, 0.3) is 0 Å². The molecule has 2 rings (SSSR count). The summed E-state index contributed by atoms with van der Waals surface area (Å²) in [5.41, 5.74) is 5.74. The van der Waals surface area contributed by atoms with E-state index < -0.39 is 0 Å². The smallest absolute Gasteiger partial charge is 0.0468 e. The van der Waals surface area contributed by atoms with Crippen molar-refractivity contribution in [3.63, 3.8) is 0 Å². The number of ether oxygens (including phenoxy) is 1. The van der Waals surface area contributed by atoms with E-state index in [2.05, 4.69) is 11.9 Å². The fourth-order valence-corrected chi connectivity index (χ4v) is 3.01. The van der Waals surface area contributed by atoms with Crippen molar-refractivity contribution in [2.24, 2.45) is 17.6 Å². The lowest BCUT2D eigenvalue weighted by Crippen LogP contribution is -2.29. The summed E-state index contributed by atoms with van der Waals surface area (Å²) in [6.07, 6.45) is 5.19. The number of rotatable bonds is 3. The molecule has 15 heavy (non-hydrogen) atoms. The molecule has 2 atom stereocenters. The molecule has 2 heterocycles. The maximum Gasteiger partial charge on any atom is 0.0468 e. The third kappa shape index (κ3) is 2.92. The van der Waals surface area contributed by atoms with Crippen molar-refractivity contribution in [2.45, 2.75) is 31.7 Å². The molecule has 0 saturated carbocycles. The van der Waals surface area contributed by atoms with Crippen LogP contribution in [0.5, 0.6) is 0 Å². The molecule has 0 radical (unpaired) electrons. The third-order valence-corrected chi connectivity index (χ3v) is 4.05. The van der Waals surface area contributed by atoms with E-state index in [1.54, 1.807) is 0 Å². The van der Waals surface area contributed by atoms with Crippen molar-refractivity contribution in [1.29, 1.82) is 0 Å². The first kappa shape index (κ1) is 11.4. The van der Waals surface area contributed by atoms with E-state index in [1.807, 2.05) is 0 Å². The maximum absolute atomic E-state index is 5.74. The fraction of sp³-hybridized carbons (Fsp3) is 1.00. The molecule has 0 bridgehead atoms. The second-order valence-electron chi connectivity index (χ2n) is 5.22. The van der Waals surface area contributed by atoms with Crippen LogP contribution in [0.4, 0.5) is 0 Å². The van der Waals surface area contributed by atoms with Gasteiger partial charge >= 0.3 is 0 Å². The molecule has 2 unspecified atom stereocenters. The summed E-state index contributed by atoms with van der Waals surface area (Å²) in [6.45, 7) is 4.00. The summed E-state index contributed by atoms with van der Waals surface area (Å²) in [5, 5.41) is 0. The van der Waals surface area contributed by atoms with Crippen LogP contribution < -0.4 is 5.73 Å². The Hall–Kier alpha value is -0.120. The summed E-state index contributed by atoms with van der Waals surface area (Å²) >= 11 is 0. The lowest BCUT2D eigenvalue weighted by atomic mass is 9.90. The monoisotopic (exact) mass is 212 g/mol. The van der Waals surface area contributed by atoms with Crippen LogP contribution in [0.3, 0.4) is 0 Å². The first-order chi connectivity index (χ1) is 7.29. The standard InChI is InChI=1S/C12H24N2O/c1-14-9-11(8-13)7-12(14)6-10-2-4-15-5-3-10/h10-12H,2-9,13H2,1H3. The average Bonchev–Trinajstić information content (AvgIpc) is 2.61. The molecule has 0 aliphatic carbocycles. The van der Waals surface area contributed by atoms with Crippen molar-refractivity contribution < 1.29 is 4.74 Å². The van der Waals surface area contributed by atoms with E-state index in [0.29, 0.717) is 0 Å². The third-order valence-electron chi connectivity index (χ3n) is 4.05. The van der Waals surface area contributed by atoms with E-state index in [-0.39, 0.29) is 0 Å². The summed E-state index contributed by atoms with van der Waals surface area (Å²) in [7, 11) is 2.25. The van der Waals surface area contributed by atoms with Crippen molar-refractivity contribution in [1.82, 2.24) is 4.90 Å². The highest BCUT2D eigenvalue weighted by atomic mass is 16.5. The van der Waals surface area contributed by atoms with Gasteiger partial charge in [-0.2, -0.15) is 0 Å². The first-order valence-corrected chi connectivity index (χ1v) is 6.27. The minimum Gasteiger partial charge on any atom is -0.381 e. The Bertz CT molecular complexity index is 192. The molecule has 0 spiro atoms. The highest BCUT2D eigenvalue weighted by Gasteiger charge is 2.30. The Balaban J connectivity index is 1.78. The minimum atomic E-state index is 0.736. The van der Waals surface area contributed by atoms with Gasteiger partial charge in [0, 0.05) is 25.8 Å². The van der Waals surface area contributed by atoms with Gasteiger partial charge in [-0.1, -0.05) is 0 Å². The predicted molar refractivity (Wildman–Crippen MR) is 61.7 cm³/mol. The van der Waals surface area contributed by atoms with Crippen LogP contribution in [-0.2, 0) is 4.74 Å². The Kier molecular flexibility index (Phi) is 4.00. The average molecular weight is 212 g/mol. The van der Waals surface area contributed by atoms with Crippen molar-refractivity contribution >= 4 is 0 Å². The molecular formula is C12H24N2O. The molecular weight excluding hydrogens is 188 g/mol. The molecule has 3 heteroatoms. The summed E-state index contributed by atoms with van der Waals surface area (Å²) in [4.78, 5) is 2.51. The van der Waals surface area contributed by atoms with Gasteiger partial charge in [0.15, 0.2) is 0 Å². The first-order valence-electron chi connectivity index (χ1n) is 6.27. The lowest BCUT2D eigenvalue weighted by Gasteiger charge is -2.27. The number of nitrogens with zero attached hydrogens (tertiary/aromatic N) is 1. The number of hydrogen-bond acceptors (Lipinski definition) is 3. The molecule has 0 aromatic rings. The molecule has 2 N–H and O–H groups in total. The normalized spacial score (nSPS) is 34.8. The summed E-state index contributed by atoms with van der Waals surface area (Å²) in [6, 6.07) is 0.779. The Morgan fingerprint density at radius 1 is 1.27 bits per heavy atom. The highest BCUT2D eigenvalue weighted by molar-refractivity contribution is 4.85. The Morgan fingerprint density at radius 3 is 2.60 bits per heavy atom. The number of nitrogens with two attached hydrogens (primary N) is 1. The van der Waals surface area contributed by atoms with Crippen LogP contribution in [-0.4, -0.2) is 44.3 Å². The van der Waals surface area contributed by atoms with Crippen LogP contribution in [0.2, 0.25) is 0 Å². The van der Waals surface area contributed by atoms with E-state index in [9.17, 15) is 0 Å². The molecule has 2 aliphatic rings. The van der Waals surface area contributed by atoms with Crippen LogP contribution in [0.15, 0.2) is 0 Å². The molecule has 2 fully saturated rings. The molecule has 3 nitrogen and oxygen atoms in total. The summed E-state index contributed by atoms with van der Waals surface area (Å²) in [5.74, 6) is 1.63. The molecule has 2 aliphatic heterocycles. The second kappa shape index (κ2) is 5.28. The van der Waals surface area contributed by atoms with Gasteiger partial charge in [-0.25, -0.2) is 0 Å². The molecule has 88 valence electrons. The number of likely N-dealkylation sites (tertiary alicyclic amines) is 1. The molecule has 0 aromatic heterocycles. The zero-order valence-electron chi connectivity index (χ0n) is 9.82. The molecule has 2 saturated heterocycles. The van der Waals surface area contributed by atoms with Gasteiger partial charge < -0.3 is 15.4 Å². The lowest BCUT2D eigenvalue weighted by molar-refractivity contribution is 0.0566. The van der Waals surface area contributed by atoms with Gasteiger partial charge in [-0.05, 0) is 51.1 Å². The van der Waals surface area contributed by atoms with Gasteiger partial charge in [0.25, 0.3) is 0 Å². The SMILES string of the molecule is CN1CC(CN)CC1CC1CCOCC1. The Labute approximate surface area is 93.0 Å². The Morgan fingerprint density at radius 2 is 2.00 bits per heavy atom. The van der Waals surface area contributed by atoms with E-state index in [4.69, 9.17) is 10.5 Å². The largest absolute Gasteiger partial charge is 0.381 e. The minimum absolute atomic E-state index is 0.736. The van der Waals surface area contributed by atoms with Crippen molar-refractivity contribution in [3.05, 3.63) is 0 Å². The van der Waals surface area contributed by atoms with Gasteiger partial charge in [-0.3, -0.25) is 0 Å². The zero-order valence-corrected chi connectivity index (χ0v) is 9.82. The maximum atomic E-state index is 5.74. The van der Waals surface area contributed by atoms with Crippen LogP contribution in [0.1, 0.15) is 25.7 Å². The van der Waals surface area contributed by atoms with Gasteiger partial charge in [-0.15, -0.1) is 0 Å². The van der Waals surface area contributed by atoms with Crippen LogP contribution in [0, 0.1) is 11.8 Å². The van der Waals surface area contributed by atoms with E-state index >= 15 is 0 Å². The van der Waals surface area contributed by atoms with Gasteiger partial charge in [0.05, 0.1) is 0 Å². The highest BCUT2D eigenvalue weighted by Crippen LogP contribution is 2.29. The number of hydrogen-bond donors (Lipinski definition) is 1. The molecule has 0 aromatic carbocycles. The van der Waals surface area contributed by atoms with E-state index in [1.165, 1.54) is 32.2 Å².